The summed E-state index contributed by atoms with van der Waals surface area (Å²) in [5.41, 5.74) is 0.260. The number of aromatic amines is 1. The molecule has 18 heavy (non-hydrogen) atoms. The van der Waals surface area contributed by atoms with Crippen LogP contribution in [0.3, 0.4) is 0 Å². The molecule has 8 nitrogen and oxygen atoms in total. The Balaban J connectivity index is 1.92. The van der Waals surface area contributed by atoms with E-state index in [1.165, 1.54) is 18.7 Å². The molecule has 1 amide bonds. The Kier molecular flexibility index (Phi) is 3.79. The van der Waals surface area contributed by atoms with Crippen molar-refractivity contribution in [1.29, 1.82) is 0 Å². The third-order valence-corrected chi connectivity index (χ3v) is 2.12. The van der Waals surface area contributed by atoms with Crippen LogP contribution in [0.4, 0.5) is 5.82 Å². The molecule has 0 radical (unpaired) electrons. The number of aromatic nitrogens is 5. The van der Waals surface area contributed by atoms with Crippen LogP contribution in [0, 0.1) is 0 Å². The van der Waals surface area contributed by atoms with Gasteiger partial charge in [0.2, 0.25) is 0 Å². The third kappa shape index (κ3) is 3.00. The zero-order valence-corrected chi connectivity index (χ0v) is 9.84. The number of anilines is 1. The summed E-state index contributed by atoms with van der Waals surface area (Å²) in [5.74, 6) is 0.923. The molecule has 0 spiro atoms. The standard InChI is InChI=1S/C10H13N7O/c1-2-11-8-4-12-7(3-13-8)10(18)14-5-9-15-6-16-17-9/h3-4,6H,2,5H2,1H3,(H,11,13)(H,14,18)(H,15,16,17). The topological polar surface area (TPSA) is 108 Å². The smallest absolute Gasteiger partial charge is 0.271 e. The highest BCUT2D eigenvalue weighted by Crippen LogP contribution is 2.00. The quantitative estimate of drug-likeness (QED) is 0.684. The molecule has 0 bridgehead atoms. The maximum atomic E-state index is 11.7. The number of H-pyrrole nitrogens is 1. The van der Waals surface area contributed by atoms with E-state index in [0.29, 0.717) is 11.6 Å². The van der Waals surface area contributed by atoms with Gasteiger partial charge in [-0.3, -0.25) is 9.89 Å². The van der Waals surface area contributed by atoms with Crippen LogP contribution in [0.25, 0.3) is 0 Å². The highest BCUT2D eigenvalue weighted by Gasteiger charge is 2.08. The fourth-order valence-electron chi connectivity index (χ4n) is 1.29. The molecular weight excluding hydrogens is 234 g/mol. The first-order chi connectivity index (χ1) is 8.79. The van der Waals surface area contributed by atoms with Gasteiger partial charge in [0.25, 0.3) is 5.91 Å². The Labute approximate surface area is 103 Å². The lowest BCUT2D eigenvalue weighted by Crippen LogP contribution is -2.24. The molecule has 0 aliphatic rings. The van der Waals surface area contributed by atoms with Gasteiger partial charge in [0, 0.05) is 6.54 Å². The van der Waals surface area contributed by atoms with Crippen LogP contribution < -0.4 is 10.6 Å². The Bertz CT molecular complexity index is 493. The molecule has 94 valence electrons. The van der Waals surface area contributed by atoms with Crippen molar-refractivity contribution in [2.24, 2.45) is 0 Å². The van der Waals surface area contributed by atoms with Crippen molar-refractivity contribution in [2.45, 2.75) is 13.5 Å². The van der Waals surface area contributed by atoms with Gasteiger partial charge in [-0.15, -0.1) is 0 Å². The summed E-state index contributed by atoms with van der Waals surface area (Å²) in [6.07, 6.45) is 4.33. The van der Waals surface area contributed by atoms with Gasteiger partial charge in [-0.2, -0.15) is 5.10 Å². The summed E-state index contributed by atoms with van der Waals surface area (Å²) < 4.78 is 0. The second-order valence-corrected chi connectivity index (χ2v) is 3.43. The maximum absolute atomic E-state index is 11.7. The van der Waals surface area contributed by atoms with Crippen molar-refractivity contribution in [3.05, 3.63) is 30.2 Å². The van der Waals surface area contributed by atoms with E-state index in [9.17, 15) is 4.79 Å². The number of carbonyl (C=O) groups is 1. The van der Waals surface area contributed by atoms with Crippen LogP contribution in [0.2, 0.25) is 0 Å². The second kappa shape index (κ2) is 5.71. The minimum absolute atomic E-state index is 0.260. The van der Waals surface area contributed by atoms with Crippen LogP contribution in [0.5, 0.6) is 0 Å². The second-order valence-electron chi connectivity index (χ2n) is 3.43. The minimum Gasteiger partial charge on any atom is -0.369 e. The maximum Gasteiger partial charge on any atom is 0.271 e. The van der Waals surface area contributed by atoms with Gasteiger partial charge >= 0.3 is 0 Å². The molecule has 0 fully saturated rings. The average Bonchev–Trinajstić information content (AvgIpc) is 2.90. The molecule has 0 aromatic carbocycles. The Hall–Kier alpha value is -2.51. The average molecular weight is 247 g/mol. The number of hydrogen-bond donors (Lipinski definition) is 3. The molecule has 8 heteroatoms. The predicted molar refractivity (Wildman–Crippen MR) is 63.7 cm³/mol. The van der Waals surface area contributed by atoms with Crippen LogP contribution in [0.1, 0.15) is 23.2 Å². The summed E-state index contributed by atoms with van der Waals surface area (Å²) in [6, 6.07) is 0. The molecule has 0 saturated heterocycles. The van der Waals surface area contributed by atoms with E-state index in [-0.39, 0.29) is 18.1 Å². The largest absolute Gasteiger partial charge is 0.369 e. The fourth-order valence-corrected chi connectivity index (χ4v) is 1.29. The number of amides is 1. The molecule has 0 saturated carbocycles. The number of carbonyl (C=O) groups excluding carboxylic acids is 1. The van der Waals surface area contributed by atoms with Gasteiger partial charge < -0.3 is 10.6 Å². The predicted octanol–water partition coefficient (Wildman–Crippen LogP) is -0.0435. The first kappa shape index (κ1) is 12.0. The van der Waals surface area contributed by atoms with E-state index in [1.807, 2.05) is 6.92 Å². The summed E-state index contributed by atoms with van der Waals surface area (Å²) >= 11 is 0. The van der Waals surface area contributed by atoms with Crippen molar-refractivity contribution < 1.29 is 4.79 Å². The van der Waals surface area contributed by atoms with E-state index >= 15 is 0 Å². The van der Waals surface area contributed by atoms with Gasteiger partial charge in [0.15, 0.2) is 0 Å². The molecule has 0 aliphatic heterocycles. The molecule has 2 heterocycles. The lowest BCUT2D eigenvalue weighted by Gasteiger charge is -2.04. The van der Waals surface area contributed by atoms with Gasteiger partial charge in [0.05, 0.1) is 18.9 Å². The van der Waals surface area contributed by atoms with Crippen LogP contribution >= 0.6 is 0 Å². The van der Waals surface area contributed by atoms with Crippen molar-refractivity contribution in [3.63, 3.8) is 0 Å². The van der Waals surface area contributed by atoms with Crippen molar-refractivity contribution in [3.8, 4) is 0 Å². The molecule has 0 aliphatic carbocycles. The number of rotatable bonds is 5. The first-order valence-corrected chi connectivity index (χ1v) is 5.48. The van der Waals surface area contributed by atoms with E-state index in [2.05, 4.69) is 35.8 Å². The van der Waals surface area contributed by atoms with Gasteiger partial charge in [-0.25, -0.2) is 15.0 Å². The van der Waals surface area contributed by atoms with E-state index in [1.54, 1.807) is 0 Å². The Morgan fingerprint density at radius 2 is 2.22 bits per heavy atom. The highest BCUT2D eigenvalue weighted by atomic mass is 16.1. The summed E-state index contributed by atoms with van der Waals surface area (Å²) in [6.45, 7) is 2.99. The summed E-state index contributed by atoms with van der Waals surface area (Å²) in [5, 5.41) is 12.0. The molecule has 2 aromatic heterocycles. The Morgan fingerprint density at radius 3 is 2.83 bits per heavy atom. The van der Waals surface area contributed by atoms with Gasteiger partial charge in [-0.1, -0.05) is 0 Å². The van der Waals surface area contributed by atoms with E-state index in [0.717, 1.165) is 6.54 Å². The first-order valence-electron chi connectivity index (χ1n) is 5.48. The van der Waals surface area contributed by atoms with Crippen molar-refractivity contribution in [2.75, 3.05) is 11.9 Å². The third-order valence-electron chi connectivity index (χ3n) is 2.12. The highest BCUT2D eigenvalue weighted by molar-refractivity contribution is 5.91. The zero-order valence-electron chi connectivity index (χ0n) is 9.84. The van der Waals surface area contributed by atoms with Crippen LogP contribution in [-0.2, 0) is 6.54 Å². The SMILES string of the molecule is CCNc1cnc(C(=O)NCc2ncn[nH]2)cn1. The van der Waals surface area contributed by atoms with Crippen molar-refractivity contribution in [1.82, 2.24) is 30.5 Å². The number of hydrogen-bond acceptors (Lipinski definition) is 6. The Morgan fingerprint density at radius 1 is 1.33 bits per heavy atom. The molecule has 0 unspecified atom stereocenters. The van der Waals surface area contributed by atoms with Crippen molar-refractivity contribution >= 4 is 11.7 Å². The lowest BCUT2D eigenvalue weighted by atomic mass is 10.4. The number of nitrogens with one attached hydrogen (secondary N) is 3. The normalized spacial score (nSPS) is 10.1. The molecular formula is C10H13N7O. The van der Waals surface area contributed by atoms with Gasteiger partial charge in [-0.05, 0) is 6.92 Å². The van der Waals surface area contributed by atoms with Crippen LogP contribution in [-0.4, -0.2) is 37.6 Å². The molecule has 0 atom stereocenters. The minimum atomic E-state index is -0.304. The van der Waals surface area contributed by atoms with Gasteiger partial charge in [0.1, 0.15) is 23.7 Å². The van der Waals surface area contributed by atoms with E-state index < -0.39 is 0 Å². The summed E-state index contributed by atoms with van der Waals surface area (Å²) in [7, 11) is 0. The lowest BCUT2D eigenvalue weighted by molar-refractivity contribution is 0.0944. The molecule has 2 aromatic rings. The molecule has 2 rings (SSSR count). The number of nitrogens with zero attached hydrogens (tertiary/aromatic N) is 4. The van der Waals surface area contributed by atoms with E-state index in [4.69, 9.17) is 0 Å². The zero-order chi connectivity index (χ0) is 12.8. The van der Waals surface area contributed by atoms with Crippen LogP contribution in [0.15, 0.2) is 18.7 Å². The fraction of sp³-hybridized carbons (Fsp3) is 0.300. The molecule has 3 N–H and O–H groups in total. The monoisotopic (exact) mass is 247 g/mol. The summed E-state index contributed by atoms with van der Waals surface area (Å²) in [4.78, 5) is 23.7.